The average molecular weight is 286 g/mol. The van der Waals surface area contributed by atoms with Gasteiger partial charge in [0.15, 0.2) is 0 Å². The van der Waals surface area contributed by atoms with Gasteiger partial charge in [0.2, 0.25) is 0 Å². The van der Waals surface area contributed by atoms with Gasteiger partial charge in [-0.25, -0.2) is 0 Å². The van der Waals surface area contributed by atoms with Crippen molar-refractivity contribution in [2.45, 2.75) is 0 Å². The third-order valence-corrected chi connectivity index (χ3v) is 2.90. The number of hydrogen-bond donors (Lipinski definition) is 0. The molecule has 0 bridgehead atoms. The Bertz CT molecular complexity index is 716. The van der Waals surface area contributed by atoms with Crippen molar-refractivity contribution in [3.8, 4) is 0 Å². The quantitative estimate of drug-likeness (QED) is 0.490. The van der Waals surface area contributed by atoms with E-state index in [4.69, 9.17) is 0 Å². The molecule has 0 aliphatic rings. The highest BCUT2D eigenvalue weighted by Crippen LogP contribution is 2.24. The molecule has 3 rings (SSSR count). The summed E-state index contributed by atoms with van der Waals surface area (Å²) in [5.74, 6) is 0. The van der Waals surface area contributed by atoms with Gasteiger partial charge >= 0.3 is 0 Å². The maximum atomic E-state index is 4.22. The van der Waals surface area contributed by atoms with Crippen molar-refractivity contribution >= 4 is 22.7 Å². The minimum absolute atomic E-state index is 0.744. The molecule has 0 N–H and O–H groups in total. The van der Waals surface area contributed by atoms with Crippen LogP contribution in [0.2, 0.25) is 0 Å². The lowest BCUT2D eigenvalue weighted by Crippen LogP contribution is -1.66. The van der Waals surface area contributed by atoms with Crippen LogP contribution < -0.4 is 0 Å². The van der Waals surface area contributed by atoms with E-state index in [-0.39, 0.29) is 0 Å². The van der Waals surface area contributed by atoms with Gasteiger partial charge in [0.25, 0.3) is 0 Å². The number of nitrogens with zero attached hydrogens (tertiary/aromatic N) is 4. The van der Waals surface area contributed by atoms with E-state index in [1.807, 2.05) is 84.9 Å². The molecular weight excluding hydrogens is 272 g/mol. The van der Waals surface area contributed by atoms with E-state index < -0.39 is 0 Å². The fourth-order valence-electron chi connectivity index (χ4n) is 1.84. The van der Waals surface area contributed by atoms with Crippen molar-refractivity contribution in [3.63, 3.8) is 0 Å². The first-order valence-corrected chi connectivity index (χ1v) is 6.94. The Kier molecular flexibility index (Phi) is 4.42. The molecule has 4 nitrogen and oxygen atoms in total. The Hall–Kier alpha value is -3.14. The predicted molar refractivity (Wildman–Crippen MR) is 87.7 cm³/mol. The van der Waals surface area contributed by atoms with Crippen LogP contribution in [0.4, 0.5) is 22.7 Å². The lowest BCUT2D eigenvalue weighted by Gasteiger charge is -1.96. The molecule has 0 aliphatic heterocycles. The second-order valence-electron chi connectivity index (χ2n) is 4.59. The molecule has 0 saturated carbocycles. The predicted octanol–water partition coefficient (Wildman–Crippen LogP) is 6.52. The molecule has 0 fully saturated rings. The van der Waals surface area contributed by atoms with Crippen molar-refractivity contribution in [2.24, 2.45) is 20.5 Å². The molecule has 0 amide bonds. The maximum absolute atomic E-state index is 4.22. The van der Waals surface area contributed by atoms with Gasteiger partial charge in [0.05, 0.1) is 22.7 Å². The fraction of sp³-hybridized carbons (Fsp3) is 0. The Morgan fingerprint density at radius 1 is 0.364 bits per heavy atom. The monoisotopic (exact) mass is 286 g/mol. The molecule has 106 valence electrons. The van der Waals surface area contributed by atoms with Crippen LogP contribution in [0.5, 0.6) is 0 Å². The zero-order valence-electron chi connectivity index (χ0n) is 11.9. The maximum Gasteiger partial charge on any atom is 0.0879 e. The lowest BCUT2D eigenvalue weighted by atomic mass is 10.3. The first-order valence-electron chi connectivity index (χ1n) is 6.94. The largest absolute Gasteiger partial charge is 0.151 e. The Morgan fingerprint density at radius 2 is 0.727 bits per heavy atom. The molecule has 3 aromatic carbocycles. The Morgan fingerprint density at radius 3 is 1.18 bits per heavy atom. The summed E-state index contributed by atoms with van der Waals surface area (Å²) in [5.41, 5.74) is 3.12. The minimum atomic E-state index is 0.744. The molecule has 0 spiro atoms. The van der Waals surface area contributed by atoms with Crippen LogP contribution in [0.15, 0.2) is 105 Å². The second-order valence-corrected chi connectivity index (χ2v) is 4.59. The second kappa shape index (κ2) is 7.04. The van der Waals surface area contributed by atoms with E-state index >= 15 is 0 Å². The van der Waals surface area contributed by atoms with E-state index in [0.29, 0.717) is 0 Å². The van der Waals surface area contributed by atoms with Crippen molar-refractivity contribution in [2.75, 3.05) is 0 Å². The van der Waals surface area contributed by atoms with Gasteiger partial charge in [-0.15, -0.1) is 0 Å². The first-order chi connectivity index (χ1) is 10.9. The summed E-state index contributed by atoms with van der Waals surface area (Å²) in [6.45, 7) is 0. The average Bonchev–Trinajstić information content (AvgIpc) is 2.60. The molecule has 4 heteroatoms. The minimum Gasteiger partial charge on any atom is -0.151 e. The zero-order valence-corrected chi connectivity index (χ0v) is 11.9. The number of hydrogen-bond acceptors (Lipinski definition) is 4. The van der Waals surface area contributed by atoms with Gasteiger partial charge in [-0.1, -0.05) is 42.5 Å². The smallest absolute Gasteiger partial charge is 0.0879 e. The van der Waals surface area contributed by atoms with E-state index in [1.165, 1.54) is 0 Å². The molecule has 0 aliphatic carbocycles. The zero-order chi connectivity index (χ0) is 15.0. The standard InChI is InChI=1S/C18H14N4/c1-3-8-15(9-4-1)19-21-17-12-7-13-18(14-17)22-20-16-10-5-2-6-11-16/h1-14H/b21-19+,22-20+. The van der Waals surface area contributed by atoms with E-state index in [2.05, 4.69) is 20.5 Å². The van der Waals surface area contributed by atoms with Crippen LogP contribution in [0.25, 0.3) is 0 Å². The van der Waals surface area contributed by atoms with Gasteiger partial charge in [-0.05, 0) is 42.5 Å². The molecule has 0 heterocycles. The van der Waals surface area contributed by atoms with Crippen molar-refractivity contribution < 1.29 is 0 Å². The van der Waals surface area contributed by atoms with Crippen LogP contribution in [0.1, 0.15) is 0 Å². The number of azo groups is 2. The highest BCUT2D eigenvalue weighted by atomic mass is 15.1. The SMILES string of the molecule is c1ccc(/N=N/c2cccc(/N=N/c3ccccc3)c2)cc1. The van der Waals surface area contributed by atoms with E-state index in [0.717, 1.165) is 22.7 Å². The summed E-state index contributed by atoms with van der Waals surface area (Å²) >= 11 is 0. The van der Waals surface area contributed by atoms with Gasteiger partial charge in [0.1, 0.15) is 0 Å². The Labute approximate surface area is 128 Å². The summed E-state index contributed by atoms with van der Waals surface area (Å²) < 4.78 is 0. The molecule has 3 aromatic rings. The van der Waals surface area contributed by atoms with E-state index in [1.54, 1.807) is 0 Å². The van der Waals surface area contributed by atoms with Crippen LogP contribution in [0.3, 0.4) is 0 Å². The summed E-state index contributed by atoms with van der Waals surface area (Å²) in [6.07, 6.45) is 0. The normalized spacial score (nSPS) is 11.3. The number of rotatable bonds is 4. The molecule has 22 heavy (non-hydrogen) atoms. The van der Waals surface area contributed by atoms with Gasteiger partial charge in [0, 0.05) is 0 Å². The van der Waals surface area contributed by atoms with Crippen molar-refractivity contribution in [1.29, 1.82) is 0 Å². The summed E-state index contributed by atoms with van der Waals surface area (Å²) in [4.78, 5) is 0. The molecule has 0 unspecified atom stereocenters. The van der Waals surface area contributed by atoms with Gasteiger partial charge in [-0.2, -0.15) is 20.5 Å². The molecule has 0 radical (unpaired) electrons. The lowest BCUT2D eigenvalue weighted by molar-refractivity contribution is 1.20. The highest BCUT2D eigenvalue weighted by molar-refractivity contribution is 5.50. The molecule has 0 saturated heterocycles. The van der Waals surface area contributed by atoms with Crippen LogP contribution >= 0.6 is 0 Å². The van der Waals surface area contributed by atoms with Crippen LogP contribution in [-0.2, 0) is 0 Å². The Balaban J connectivity index is 1.75. The summed E-state index contributed by atoms with van der Waals surface area (Å²) in [5, 5.41) is 16.8. The van der Waals surface area contributed by atoms with Crippen LogP contribution in [-0.4, -0.2) is 0 Å². The van der Waals surface area contributed by atoms with Gasteiger partial charge in [-0.3, -0.25) is 0 Å². The molecular formula is C18H14N4. The topological polar surface area (TPSA) is 49.4 Å². The summed E-state index contributed by atoms with van der Waals surface area (Å²) in [7, 11) is 0. The third kappa shape index (κ3) is 3.93. The molecule has 0 atom stereocenters. The molecule has 0 aromatic heterocycles. The van der Waals surface area contributed by atoms with Crippen molar-refractivity contribution in [1.82, 2.24) is 0 Å². The fourth-order valence-corrected chi connectivity index (χ4v) is 1.84. The van der Waals surface area contributed by atoms with Crippen LogP contribution in [0, 0.1) is 0 Å². The number of benzene rings is 3. The first kappa shape index (κ1) is 13.8. The van der Waals surface area contributed by atoms with Gasteiger partial charge < -0.3 is 0 Å². The van der Waals surface area contributed by atoms with E-state index in [9.17, 15) is 0 Å². The highest BCUT2D eigenvalue weighted by Gasteiger charge is 1.94. The third-order valence-electron chi connectivity index (χ3n) is 2.90. The summed E-state index contributed by atoms with van der Waals surface area (Å²) in [6, 6.07) is 26.7. The van der Waals surface area contributed by atoms with Crippen molar-refractivity contribution in [3.05, 3.63) is 84.9 Å².